The third kappa shape index (κ3) is 5.44. The average molecular weight is 525 g/mol. The number of hydrogen-bond donors (Lipinski definition) is 4. The Kier molecular flexibility index (Phi) is 7.23. The fourth-order valence-electron chi connectivity index (χ4n) is 4.67. The maximum absolute atomic E-state index is 13.4. The molecule has 3 aromatic rings. The number of carbonyl (C=O) groups excluding carboxylic acids is 1. The zero-order valence-electron chi connectivity index (χ0n) is 21.9. The van der Waals surface area contributed by atoms with Gasteiger partial charge in [0.05, 0.1) is 37.7 Å². The van der Waals surface area contributed by atoms with Gasteiger partial charge < -0.3 is 20.3 Å². The Bertz CT molecular complexity index is 1280. The highest BCUT2D eigenvalue weighted by molar-refractivity contribution is 5.89. The number of halogens is 1. The van der Waals surface area contributed by atoms with Crippen LogP contribution in [0.5, 0.6) is 0 Å². The van der Waals surface area contributed by atoms with Crippen molar-refractivity contribution in [2.45, 2.75) is 58.0 Å². The molecule has 13 heteroatoms. The molecule has 2 fully saturated rings. The molecule has 3 atom stereocenters. The molecule has 2 unspecified atom stereocenters. The predicted molar refractivity (Wildman–Crippen MR) is 139 cm³/mol. The molecule has 5 rings (SSSR count). The molecule has 38 heavy (non-hydrogen) atoms. The molecule has 0 aliphatic carbocycles. The smallest absolute Gasteiger partial charge is 0.256 e. The molecule has 0 radical (unpaired) electrons. The van der Waals surface area contributed by atoms with E-state index in [1.165, 1.54) is 10.9 Å². The predicted octanol–water partition coefficient (Wildman–Crippen LogP) is 1.60. The van der Waals surface area contributed by atoms with Gasteiger partial charge in [0.2, 0.25) is 5.95 Å². The Morgan fingerprint density at radius 2 is 2.11 bits per heavy atom. The normalized spacial score (nSPS) is 21.1. The minimum Gasteiger partial charge on any atom is -0.362 e. The van der Waals surface area contributed by atoms with Crippen molar-refractivity contribution in [2.75, 3.05) is 29.9 Å². The van der Waals surface area contributed by atoms with Crippen LogP contribution in [0.1, 0.15) is 44.5 Å². The van der Waals surface area contributed by atoms with Crippen molar-refractivity contribution in [3.05, 3.63) is 53.9 Å². The van der Waals surface area contributed by atoms with Gasteiger partial charge in [0, 0.05) is 30.6 Å². The molecule has 2 aliphatic rings. The summed E-state index contributed by atoms with van der Waals surface area (Å²) in [5.74, 6) is 1.12. The highest BCUT2D eigenvalue weighted by Gasteiger charge is 2.51. The molecule has 0 bridgehead atoms. The molecule has 12 nitrogen and oxygen atoms in total. The van der Waals surface area contributed by atoms with E-state index in [4.69, 9.17) is 4.74 Å². The number of anilines is 2. The monoisotopic (exact) mass is 524 g/mol. The number of pyridine rings is 1. The average Bonchev–Trinajstić information content (AvgIpc) is 3.48. The number of nitrogens with zero attached hydrogens (tertiary/aromatic N) is 6. The first-order valence-corrected chi connectivity index (χ1v) is 12.7. The molecule has 3 aromatic heterocycles. The number of ether oxygens (including phenoxy) is 1. The molecule has 2 saturated heterocycles. The van der Waals surface area contributed by atoms with E-state index < -0.39 is 11.4 Å². The van der Waals surface area contributed by atoms with Crippen molar-refractivity contribution in [3.63, 3.8) is 0 Å². The van der Waals surface area contributed by atoms with E-state index in [1.807, 2.05) is 37.8 Å². The van der Waals surface area contributed by atoms with Crippen molar-refractivity contribution in [1.82, 2.24) is 40.9 Å². The molecule has 202 valence electrons. The second kappa shape index (κ2) is 10.6. The van der Waals surface area contributed by atoms with Crippen molar-refractivity contribution in [2.24, 2.45) is 0 Å². The summed E-state index contributed by atoms with van der Waals surface area (Å²) >= 11 is 0. The Labute approximate surface area is 220 Å². The number of hydrogen-bond acceptors (Lipinski definition) is 10. The molecular formula is C25H33FN10O2. The summed E-state index contributed by atoms with van der Waals surface area (Å²) in [6, 6.07) is 5.52. The molecule has 0 aromatic carbocycles. The number of amides is 1. The summed E-state index contributed by atoms with van der Waals surface area (Å²) in [5.41, 5.74) is 7.03. The van der Waals surface area contributed by atoms with E-state index in [0.29, 0.717) is 37.5 Å². The maximum atomic E-state index is 13.4. The number of carbonyl (C=O) groups is 1. The third-order valence-electron chi connectivity index (χ3n) is 6.67. The van der Waals surface area contributed by atoms with Crippen molar-refractivity contribution < 1.29 is 13.9 Å². The van der Waals surface area contributed by atoms with Crippen LogP contribution < -0.4 is 26.4 Å². The second-order valence-corrected chi connectivity index (χ2v) is 9.85. The van der Waals surface area contributed by atoms with E-state index in [1.54, 1.807) is 12.3 Å². The SMILES string of the molecule is CCOC1(C(=O)N[C@@H](C)c2ccc(-n3cc(F)cn3)nc2)CN(c2nc(C)cc(NC3CC(C)NN3)n2)C1. The van der Waals surface area contributed by atoms with Crippen LogP contribution in [-0.4, -0.2) is 68.1 Å². The highest BCUT2D eigenvalue weighted by atomic mass is 19.1. The van der Waals surface area contributed by atoms with Gasteiger partial charge in [0.1, 0.15) is 5.82 Å². The Hall–Kier alpha value is -3.68. The van der Waals surface area contributed by atoms with Gasteiger partial charge in [-0.15, -0.1) is 0 Å². The third-order valence-corrected chi connectivity index (χ3v) is 6.67. The van der Waals surface area contributed by atoms with Crippen molar-refractivity contribution >= 4 is 17.7 Å². The van der Waals surface area contributed by atoms with Crippen LogP contribution in [0.15, 0.2) is 36.8 Å². The first kappa shape index (κ1) is 25.9. The van der Waals surface area contributed by atoms with Crippen LogP contribution in [0, 0.1) is 12.7 Å². The summed E-state index contributed by atoms with van der Waals surface area (Å²) < 4.78 is 20.6. The molecule has 4 N–H and O–H groups in total. The zero-order chi connectivity index (χ0) is 26.9. The molecule has 5 heterocycles. The largest absolute Gasteiger partial charge is 0.362 e. The van der Waals surface area contributed by atoms with E-state index in [9.17, 15) is 9.18 Å². The van der Waals surface area contributed by atoms with Gasteiger partial charge in [-0.1, -0.05) is 6.07 Å². The molecular weight excluding hydrogens is 491 g/mol. The Morgan fingerprint density at radius 1 is 1.29 bits per heavy atom. The van der Waals surface area contributed by atoms with E-state index in [-0.39, 0.29) is 18.1 Å². The minimum absolute atomic E-state index is 0.0718. The van der Waals surface area contributed by atoms with Gasteiger partial charge in [-0.2, -0.15) is 10.1 Å². The van der Waals surface area contributed by atoms with E-state index in [0.717, 1.165) is 29.7 Å². The summed E-state index contributed by atoms with van der Waals surface area (Å²) in [7, 11) is 0. The topological polar surface area (TPSA) is 134 Å². The van der Waals surface area contributed by atoms with Crippen LogP contribution >= 0.6 is 0 Å². The number of rotatable bonds is 9. The number of hydrazine groups is 1. The molecule has 2 aliphatic heterocycles. The number of aryl methyl sites for hydroxylation is 1. The van der Waals surface area contributed by atoms with Crippen LogP contribution in [-0.2, 0) is 9.53 Å². The van der Waals surface area contributed by atoms with Gasteiger partial charge in [0.15, 0.2) is 17.2 Å². The molecule has 1 amide bonds. The molecule has 0 spiro atoms. The van der Waals surface area contributed by atoms with E-state index in [2.05, 4.69) is 48.5 Å². The summed E-state index contributed by atoms with van der Waals surface area (Å²) in [6.07, 6.45) is 5.01. The van der Waals surface area contributed by atoms with E-state index >= 15 is 0 Å². The first-order valence-electron chi connectivity index (χ1n) is 12.7. The number of nitrogens with one attached hydrogen (secondary N) is 4. The first-order chi connectivity index (χ1) is 18.2. The fourth-order valence-corrected chi connectivity index (χ4v) is 4.67. The zero-order valence-corrected chi connectivity index (χ0v) is 21.9. The summed E-state index contributed by atoms with van der Waals surface area (Å²) in [5, 5.41) is 10.4. The van der Waals surface area contributed by atoms with Gasteiger partial charge in [0.25, 0.3) is 5.91 Å². The van der Waals surface area contributed by atoms with Gasteiger partial charge in [-0.3, -0.25) is 10.2 Å². The van der Waals surface area contributed by atoms with Crippen LogP contribution in [0.2, 0.25) is 0 Å². The van der Waals surface area contributed by atoms with Gasteiger partial charge in [-0.25, -0.2) is 24.5 Å². The lowest BCUT2D eigenvalue weighted by atomic mass is 9.92. The van der Waals surface area contributed by atoms with Crippen molar-refractivity contribution in [1.29, 1.82) is 0 Å². The lowest BCUT2D eigenvalue weighted by Crippen LogP contribution is -2.70. The van der Waals surface area contributed by atoms with Gasteiger partial charge in [-0.05, 0) is 45.7 Å². The van der Waals surface area contributed by atoms with Crippen LogP contribution in [0.4, 0.5) is 16.2 Å². The standard InChI is InChI=1S/C25H33FN10O2/c1-5-38-25(23(37)30-17(4)18-6-7-22(27-10-18)36-12-19(26)11-28-36)13-35(14-25)24-29-15(2)8-20(32-24)31-21-9-16(3)33-34-21/h6-8,10-12,16-17,21,33-34H,5,9,13-14H2,1-4H3,(H,30,37)(H,29,31,32)/t16?,17-,21?/m0/s1. The Morgan fingerprint density at radius 3 is 2.74 bits per heavy atom. The minimum atomic E-state index is -1.00. The van der Waals surface area contributed by atoms with Gasteiger partial charge >= 0.3 is 0 Å². The second-order valence-electron chi connectivity index (χ2n) is 9.85. The molecule has 0 saturated carbocycles. The lowest BCUT2D eigenvalue weighted by Gasteiger charge is -2.48. The fraction of sp³-hybridized carbons (Fsp3) is 0.480. The Balaban J connectivity index is 1.23. The van der Waals surface area contributed by atoms with Crippen LogP contribution in [0.3, 0.4) is 0 Å². The number of aromatic nitrogens is 5. The maximum Gasteiger partial charge on any atom is 0.256 e. The van der Waals surface area contributed by atoms with Crippen molar-refractivity contribution in [3.8, 4) is 5.82 Å². The quantitative estimate of drug-likeness (QED) is 0.327. The van der Waals surface area contributed by atoms with Crippen LogP contribution in [0.25, 0.3) is 5.82 Å². The summed E-state index contributed by atoms with van der Waals surface area (Å²) in [6.45, 7) is 8.86. The lowest BCUT2D eigenvalue weighted by molar-refractivity contribution is -0.151. The highest BCUT2D eigenvalue weighted by Crippen LogP contribution is 2.31. The summed E-state index contributed by atoms with van der Waals surface area (Å²) in [4.78, 5) is 28.9.